The van der Waals surface area contributed by atoms with Gasteiger partial charge in [-0.2, -0.15) is 0 Å². The number of hydrogen-bond acceptors (Lipinski definition) is 3. The molecule has 0 aliphatic carbocycles. The zero-order valence-electron chi connectivity index (χ0n) is 10.6. The number of carbonyl (C=O) groups excluding carboxylic acids is 1. The van der Waals surface area contributed by atoms with Crippen LogP contribution in [0.25, 0.3) is 10.8 Å². The Morgan fingerprint density at radius 1 is 1.22 bits per heavy atom. The van der Waals surface area contributed by atoms with Gasteiger partial charge in [-0.15, -0.1) is 0 Å². The van der Waals surface area contributed by atoms with Crippen LogP contribution in [-0.4, -0.2) is 13.1 Å². The fraction of sp³-hybridized carbons (Fsp3) is 0.267. The van der Waals surface area contributed by atoms with Gasteiger partial charge in [0.2, 0.25) is 0 Å². The van der Waals surface area contributed by atoms with Crippen LogP contribution < -0.4 is 9.47 Å². The minimum absolute atomic E-state index is 0.201. The molecule has 0 saturated heterocycles. The highest BCUT2D eigenvalue weighted by Gasteiger charge is 2.08. The Morgan fingerprint density at radius 3 is 2.78 bits per heavy atom. The van der Waals surface area contributed by atoms with Crippen LogP contribution in [0.4, 0.5) is 0 Å². The molecule has 0 fully saturated rings. The normalized spacial score (nSPS) is 10.3. The maximum Gasteiger partial charge on any atom is 0.311 e. The summed E-state index contributed by atoms with van der Waals surface area (Å²) in [6, 6.07) is 11.4. The summed E-state index contributed by atoms with van der Waals surface area (Å²) < 4.78 is 10.6. The summed E-state index contributed by atoms with van der Waals surface area (Å²) in [5, 5.41) is 1.92. The topological polar surface area (TPSA) is 35.5 Å². The van der Waals surface area contributed by atoms with Gasteiger partial charge in [-0.05, 0) is 30.0 Å². The summed E-state index contributed by atoms with van der Waals surface area (Å²) in [7, 11) is 1.62. The largest absolute Gasteiger partial charge is 0.497 e. The molecule has 0 amide bonds. The molecule has 0 spiro atoms. The molecule has 2 rings (SSSR count). The molecule has 0 unspecified atom stereocenters. The van der Waals surface area contributed by atoms with E-state index in [4.69, 9.17) is 9.47 Å². The monoisotopic (exact) mass is 244 g/mol. The second-order valence-corrected chi connectivity index (χ2v) is 4.07. The Balaban J connectivity index is 2.40. The number of carbonyl (C=O) groups is 1. The van der Waals surface area contributed by atoms with Crippen LogP contribution in [0.15, 0.2) is 36.4 Å². The van der Waals surface area contributed by atoms with E-state index >= 15 is 0 Å². The molecule has 2 aromatic rings. The predicted octanol–water partition coefficient (Wildman–Crippen LogP) is 3.55. The quantitative estimate of drug-likeness (QED) is 0.609. The first-order valence-electron chi connectivity index (χ1n) is 6.02. The van der Waals surface area contributed by atoms with Crippen molar-refractivity contribution < 1.29 is 14.3 Å². The fourth-order valence-corrected chi connectivity index (χ4v) is 1.82. The lowest BCUT2D eigenvalue weighted by Crippen LogP contribution is -2.07. The minimum Gasteiger partial charge on any atom is -0.497 e. The average Bonchev–Trinajstić information content (AvgIpc) is 2.39. The zero-order valence-corrected chi connectivity index (χ0v) is 10.6. The van der Waals surface area contributed by atoms with Gasteiger partial charge in [0.1, 0.15) is 11.5 Å². The second-order valence-electron chi connectivity index (χ2n) is 4.07. The molecule has 3 heteroatoms. The minimum atomic E-state index is -0.201. The first-order chi connectivity index (χ1) is 8.74. The highest BCUT2D eigenvalue weighted by molar-refractivity contribution is 5.91. The second kappa shape index (κ2) is 5.54. The van der Waals surface area contributed by atoms with Gasteiger partial charge in [0.15, 0.2) is 0 Å². The third-order valence-electron chi connectivity index (χ3n) is 2.73. The molecular formula is C15H16O3. The summed E-state index contributed by atoms with van der Waals surface area (Å²) >= 11 is 0. The lowest BCUT2D eigenvalue weighted by Gasteiger charge is -2.08. The van der Waals surface area contributed by atoms with Crippen molar-refractivity contribution >= 4 is 16.7 Å². The molecule has 94 valence electrons. The average molecular weight is 244 g/mol. The Bertz CT molecular complexity index is 561. The smallest absolute Gasteiger partial charge is 0.311 e. The van der Waals surface area contributed by atoms with Gasteiger partial charge in [0.25, 0.3) is 0 Å². The van der Waals surface area contributed by atoms with Gasteiger partial charge in [-0.1, -0.05) is 25.1 Å². The van der Waals surface area contributed by atoms with Crippen LogP contribution in [0.3, 0.4) is 0 Å². The van der Waals surface area contributed by atoms with E-state index < -0.39 is 0 Å². The summed E-state index contributed by atoms with van der Waals surface area (Å²) in [6.45, 7) is 1.95. The van der Waals surface area contributed by atoms with Gasteiger partial charge in [0, 0.05) is 11.8 Å². The first kappa shape index (κ1) is 12.4. The number of rotatable bonds is 4. The molecular weight excluding hydrogens is 228 g/mol. The van der Waals surface area contributed by atoms with E-state index in [0.29, 0.717) is 12.2 Å². The Kier molecular flexibility index (Phi) is 3.82. The van der Waals surface area contributed by atoms with Crippen molar-refractivity contribution in [3.63, 3.8) is 0 Å². The van der Waals surface area contributed by atoms with Gasteiger partial charge < -0.3 is 9.47 Å². The van der Waals surface area contributed by atoms with E-state index in [1.165, 1.54) is 0 Å². The summed E-state index contributed by atoms with van der Waals surface area (Å²) in [5.74, 6) is 1.14. The summed E-state index contributed by atoms with van der Waals surface area (Å²) in [6.07, 6.45) is 1.22. The van der Waals surface area contributed by atoms with Crippen molar-refractivity contribution in [1.29, 1.82) is 0 Å². The van der Waals surface area contributed by atoms with E-state index in [0.717, 1.165) is 22.9 Å². The SMILES string of the molecule is CCCC(=O)Oc1cccc2ccc(OC)cc12. The molecule has 0 atom stereocenters. The molecule has 18 heavy (non-hydrogen) atoms. The van der Waals surface area contributed by atoms with Crippen LogP contribution in [0.2, 0.25) is 0 Å². The highest BCUT2D eigenvalue weighted by atomic mass is 16.5. The maximum atomic E-state index is 11.6. The first-order valence-corrected chi connectivity index (χ1v) is 6.02. The standard InChI is InChI=1S/C15H16O3/c1-3-5-15(16)18-14-7-4-6-11-8-9-12(17-2)10-13(11)14/h4,6-10H,3,5H2,1-2H3. The predicted molar refractivity (Wildman–Crippen MR) is 71.0 cm³/mol. The third-order valence-corrected chi connectivity index (χ3v) is 2.73. The lowest BCUT2D eigenvalue weighted by molar-refractivity contribution is -0.134. The molecule has 2 aromatic carbocycles. The van der Waals surface area contributed by atoms with Gasteiger partial charge in [-0.3, -0.25) is 4.79 Å². The Morgan fingerprint density at radius 2 is 2.06 bits per heavy atom. The summed E-state index contributed by atoms with van der Waals surface area (Å²) in [5.41, 5.74) is 0. The van der Waals surface area contributed by atoms with Gasteiger partial charge in [0.05, 0.1) is 7.11 Å². The number of fused-ring (bicyclic) bond motifs is 1. The molecule has 0 aromatic heterocycles. The molecule has 0 N–H and O–H groups in total. The van der Waals surface area contributed by atoms with Crippen molar-refractivity contribution in [3.05, 3.63) is 36.4 Å². The third kappa shape index (κ3) is 2.62. The molecule has 0 saturated carbocycles. The van der Waals surface area contributed by atoms with E-state index in [9.17, 15) is 4.79 Å². The zero-order chi connectivity index (χ0) is 13.0. The van der Waals surface area contributed by atoms with E-state index in [1.54, 1.807) is 13.2 Å². The number of methoxy groups -OCH3 is 1. The number of hydrogen-bond donors (Lipinski definition) is 0. The van der Waals surface area contributed by atoms with Crippen molar-refractivity contribution in [2.75, 3.05) is 7.11 Å². The number of esters is 1. The van der Waals surface area contributed by atoms with E-state index in [2.05, 4.69) is 0 Å². The van der Waals surface area contributed by atoms with Crippen molar-refractivity contribution in [1.82, 2.24) is 0 Å². The van der Waals surface area contributed by atoms with Gasteiger partial charge >= 0.3 is 5.97 Å². The molecule has 3 nitrogen and oxygen atoms in total. The van der Waals surface area contributed by atoms with Crippen molar-refractivity contribution in [3.8, 4) is 11.5 Å². The number of ether oxygens (including phenoxy) is 2. The van der Waals surface area contributed by atoms with Crippen molar-refractivity contribution in [2.45, 2.75) is 19.8 Å². The van der Waals surface area contributed by atoms with Crippen LogP contribution in [-0.2, 0) is 4.79 Å². The van der Waals surface area contributed by atoms with E-state index in [-0.39, 0.29) is 5.97 Å². The molecule has 0 radical (unpaired) electrons. The van der Waals surface area contributed by atoms with Crippen molar-refractivity contribution in [2.24, 2.45) is 0 Å². The Hall–Kier alpha value is -2.03. The maximum absolute atomic E-state index is 11.6. The van der Waals surface area contributed by atoms with Gasteiger partial charge in [-0.25, -0.2) is 0 Å². The molecule has 0 aliphatic heterocycles. The molecule has 0 bridgehead atoms. The fourth-order valence-electron chi connectivity index (χ4n) is 1.82. The highest BCUT2D eigenvalue weighted by Crippen LogP contribution is 2.29. The van der Waals surface area contributed by atoms with Crippen LogP contribution in [0, 0.1) is 0 Å². The lowest BCUT2D eigenvalue weighted by atomic mass is 10.1. The van der Waals surface area contributed by atoms with Crippen LogP contribution in [0.1, 0.15) is 19.8 Å². The van der Waals surface area contributed by atoms with Crippen LogP contribution in [0.5, 0.6) is 11.5 Å². The van der Waals surface area contributed by atoms with Crippen LogP contribution >= 0.6 is 0 Å². The summed E-state index contributed by atoms with van der Waals surface area (Å²) in [4.78, 5) is 11.6. The molecule has 0 heterocycles. The Labute approximate surface area is 106 Å². The van der Waals surface area contributed by atoms with E-state index in [1.807, 2.05) is 37.3 Å². The number of benzene rings is 2. The molecule has 0 aliphatic rings.